The van der Waals surface area contributed by atoms with Crippen molar-refractivity contribution in [3.8, 4) is 0 Å². The summed E-state index contributed by atoms with van der Waals surface area (Å²) in [5.74, 6) is -1.03. The van der Waals surface area contributed by atoms with Gasteiger partial charge < -0.3 is 33.0 Å². The molecule has 2 unspecified atom stereocenters. The van der Waals surface area contributed by atoms with Gasteiger partial charge in [-0.25, -0.2) is 0 Å². The first kappa shape index (κ1) is 53.2. The summed E-state index contributed by atoms with van der Waals surface area (Å²) in [7, 11) is 1.07. The zero-order valence-corrected chi connectivity index (χ0v) is 36.6. The van der Waals surface area contributed by atoms with E-state index in [0.29, 0.717) is 30.3 Å². The van der Waals surface area contributed by atoms with Crippen LogP contribution in [0.4, 0.5) is 0 Å². The molecule has 55 heavy (non-hydrogen) atoms. The van der Waals surface area contributed by atoms with Crippen LogP contribution in [0.5, 0.6) is 0 Å². The number of carbonyl (C=O) groups excluding carboxylic acids is 2. The van der Waals surface area contributed by atoms with Crippen LogP contribution in [-0.2, 0) is 32.7 Å². The molecule has 0 amide bonds. The minimum Gasteiger partial charge on any atom is -0.756 e. The van der Waals surface area contributed by atoms with E-state index in [1.165, 1.54) is 96.3 Å². The van der Waals surface area contributed by atoms with E-state index in [4.69, 9.17) is 18.5 Å². The first-order valence-corrected chi connectivity index (χ1v) is 23.3. The summed E-state index contributed by atoms with van der Waals surface area (Å²) in [5, 5.41) is 10.3. The molecule has 0 aliphatic heterocycles. The highest BCUT2D eigenvalue weighted by atomic mass is 31.2. The Balaban J connectivity index is 4.54. The van der Waals surface area contributed by atoms with Crippen LogP contribution in [-0.4, -0.2) is 81.2 Å². The number of phosphoric ester groups is 1. The third-order valence-corrected chi connectivity index (χ3v) is 10.2. The molecule has 0 saturated heterocycles. The van der Waals surface area contributed by atoms with E-state index < -0.39 is 38.6 Å². The minimum absolute atomic E-state index is 0.0544. The average Bonchev–Trinajstić information content (AvgIpc) is 3.12. The largest absolute Gasteiger partial charge is 0.756 e. The summed E-state index contributed by atoms with van der Waals surface area (Å²) in [5.41, 5.74) is 0. The number of phosphoric acid groups is 1. The number of hydrogen-bond donors (Lipinski definition) is 1. The Morgan fingerprint density at radius 3 is 1.80 bits per heavy atom. The SMILES string of the molecule is CCCCCCCC/C=C/C/C=C/C=C/C(O)CCCC(=O)OC[C@H](COP(=O)([O-])OCC[N+](C)(C)C)OC(=O)CCCCCCCCCCCCCCC. The lowest BCUT2D eigenvalue weighted by molar-refractivity contribution is -0.870. The summed E-state index contributed by atoms with van der Waals surface area (Å²) in [6, 6.07) is 0. The Morgan fingerprint density at radius 2 is 1.22 bits per heavy atom. The smallest absolute Gasteiger partial charge is 0.306 e. The van der Waals surface area contributed by atoms with Gasteiger partial charge in [0.25, 0.3) is 7.82 Å². The summed E-state index contributed by atoms with van der Waals surface area (Å²) in [6.45, 7) is 4.00. The summed E-state index contributed by atoms with van der Waals surface area (Å²) >= 11 is 0. The van der Waals surface area contributed by atoms with Crippen molar-refractivity contribution >= 4 is 19.8 Å². The Labute approximate surface area is 336 Å². The van der Waals surface area contributed by atoms with Gasteiger partial charge in [0.05, 0.1) is 33.9 Å². The molecule has 0 fully saturated rings. The van der Waals surface area contributed by atoms with Gasteiger partial charge in [-0.15, -0.1) is 0 Å². The molecule has 0 aliphatic rings. The number of allylic oxidation sites excluding steroid dienone is 5. The molecule has 0 rings (SSSR count). The maximum absolute atomic E-state index is 12.6. The van der Waals surface area contributed by atoms with Crippen LogP contribution in [0.2, 0.25) is 0 Å². The van der Waals surface area contributed by atoms with Gasteiger partial charge in [-0.3, -0.25) is 14.2 Å². The number of aliphatic hydroxyl groups excluding tert-OH is 1. The van der Waals surface area contributed by atoms with Gasteiger partial charge in [-0.1, -0.05) is 159 Å². The predicted octanol–water partition coefficient (Wildman–Crippen LogP) is 10.5. The molecule has 0 aliphatic carbocycles. The number of ether oxygens (including phenoxy) is 2. The van der Waals surface area contributed by atoms with Gasteiger partial charge in [0.2, 0.25) is 0 Å². The number of likely N-dealkylation sites (N-methyl/N-ethyl adjacent to an activating group) is 1. The van der Waals surface area contributed by atoms with E-state index in [0.717, 1.165) is 32.1 Å². The van der Waals surface area contributed by atoms with Crippen molar-refractivity contribution in [2.45, 2.75) is 187 Å². The first-order chi connectivity index (χ1) is 26.4. The third-order valence-electron chi connectivity index (χ3n) is 9.27. The highest BCUT2D eigenvalue weighted by molar-refractivity contribution is 7.45. The molecule has 0 aromatic heterocycles. The molecule has 0 bridgehead atoms. The Bertz CT molecular complexity index is 1060. The molecule has 1 N–H and O–H groups in total. The van der Waals surface area contributed by atoms with Gasteiger partial charge in [0.15, 0.2) is 6.10 Å². The highest BCUT2D eigenvalue weighted by Gasteiger charge is 2.22. The maximum atomic E-state index is 12.6. The molecule has 0 radical (unpaired) electrons. The molecule has 0 aromatic rings. The molecule has 0 spiro atoms. The van der Waals surface area contributed by atoms with Crippen molar-refractivity contribution in [1.29, 1.82) is 0 Å². The second-order valence-corrected chi connectivity index (χ2v) is 17.3. The topological polar surface area (TPSA) is 131 Å². The van der Waals surface area contributed by atoms with Crippen molar-refractivity contribution in [1.82, 2.24) is 0 Å². The van der Waals surface area contributed by atoms with Crippen LogP contribution in [0.25, 0.3) is 0 Å². The van der Waals surface area contributed by atoms with E-state index in [1.807, 2.05) is 39.4 Å². The molecular formula is C44H82NO9P. The van der Waals surface area contributed by atoms with Crippen molar-refractivity contribution in [3.05, 3.63) is 36.5 Å². The van der Waals surface area contributed by atoms with E-state index in [2.05, 4.69) is 26.0 Å². The monoisotopic (exact) mass is 800 g/mol. The Hall–Kier alpha value is -1.81. The first-order valence-electron chi connectivity index (χ1n) is 21.8. The molecule has 322 valence electrons. The van der Waals surface area contributed by atoms with Gasteiger partial charge in [0, 0.05) is 12.8 Å². The summed E-state index contributed by atoms with van der Waals surface area (Å²) in [6.07, 6.45) is 36.3. The lowest BCUT2D eigenvalue weighted by Gasteiger charge is -2.28. The highest BCUT2D eigenvalue weighted by Crippen LogP contribution is 2.38. The predicted molar refractivity (Wildman–Crippen MR) is 223 cm³/mol. The van der Waals surface area contributed by atoms with Crippen LogP contribution < -0.4 is 4.89 Å². The van der Waals surface area contributed by atoms with Crippen LogP contribution in [0.1, 0.15) is 174 Å². The number of esters is 2. The molecule has 0 heterocycles. The van der Waals surface area contributed by atoms with Gasteiger partial charge in [0.1, 0.15) is 19.8 Å². The van der Waals surface area contributed by atoms with E-state index in [1.54, 1.807) is 6.08 Å². The summed E-state index contributed by atoms with van der Waals surface area (Å²) in [4.78, 5) is 37.5. The van der Waals surface area contributed by atoms with Crippen molar-refractivity contribution in [2.24, 2.45) is 0 Å². The Kier molecular flexibility index (Phi) is 35.3. The van der Waals surface area contributed by atoms with E-state index in [-0.39, 0.29) is 26.1 Å². The molecular weight excluding hydrogens is 717 g/mol. The quantitative estimate of drug-likeness (QED) is 0.0161. The van der Waals surface area contributed by atoms with Crippen LogP contribution >= 0.6 is 7.82 Å². The Morgan fingerprint density at radius 1 is 0.673 bits per heavy atom. The summed E-state index contributed by atoms with van der Waals surface area (Å²) < 4.78 is 33.7. The van der Waals surface area contributed by atoms with Crippen LogP contribution in [0.15, 0.2) is 36.5 Å². The zero-order chi connectivity index (χ0) is 40.9. The average molecular weight is 800 g/mol. The lowest BCUT2D eigenvalue weighted by atomic mass is 10.0. The van der Waals surface area contributed by atoms with Gasteiger partial charge in [-0.2, -0.15) is 0 Å². The van der Waals surface area contributed by atoms with E-state index >= 15 is 0 Å². The second kappa shape index (κ2) is 36.5. The van der Waals surface area contributed by atoms with Crippen molar-refractivity contribution in [2.75, 3.05) is 47.5 Å². The molecule has 10 nitrogen and oxygen atoms in total. The number of rotatable bonds is 39. The van der Waals surface area contributed by atoms with Crippen LogP contribution in [0.3, 0.4) is 0 Å². The molecule has 11 heteroatoms. The van der Waals surface area contributed by atoms with Crippen molar-refractivity contribution < 1.29 is 47.2 Å². The minimum atomic E-state index is -4.66. The lowest BCUT2D eigenvalue weighted by Crippen LogP contribution is -2.37. The fraction of sp³-hybridized carbons (Fsp3) is 0.818. The zero-order valence-electron chi connectivity index (χ0n) is 35.7. The number of aliphatic hydroxyl groups is 1. The number of nitrogens with zero attached hydrogens (tertiary/aromatic N) is 1. The fourth-order valence-electron chi connectivity index (χ4n) is 5.78. The maximum Gasteiger partial charge on any atom is 0.306 e. The number of hydrogen-bond acceptors (Lipinski definition) is 9. The number of unbranched alkanes of at least 4 members (excludes halogenated alkanes) is 18. The van der Waals surface area contributed by atoms with Crippen LogP contribution in [0, 0.1) is 0 Å². The van der Waals surface area contributed by atoms with Gasteiger partial charge >= 0.3 is 11.9 Å². The third kappa shape index (κ3) is 40.2. The normalized spacial score (nSPS) is 14.5. The molecule has 3 atom stereocenters. The standard InChI is InChI=1S/C44H82NO9P/c1-6-8-10-12-14-16-18-20-22-24-26-28-30-33-41(46)34-32-36-43(47)51-39-42(40-53-55(49,50)52-38-37-45(3,4)5)54-44(48)35-31-29-27-25-23-21-19-17-15-13-11-9-7-2/h20,22,26,28,30,33,41-42,46H,6-19,21,23-25,27,29,31-32,34-40H2,1-5H3/b22-20+,28-26+,33-30+/t41?,42-/m1/s1. The molecule has 0 saturated carbocycles. The second-order valence-electron chi connectivity index (χ2n) is 15.9. The fourth-order valence-corrected chi connectivity index (χ4v) is 6.51. The van der Waals surface area contributed by atoms with E-state index in [9.17, 15) is 24.2 Å². The molecule has 0 aromatic carbocycles. The van der Waals surface area contributed by atoms with Gasteiger partial charge in [-0.05, 0) is 38.5 Å². The number of quaternary nitrogens is 1. The number of carbonyl (C=O) groups is 2. The van der Waals surface area contributed by atoms with Crippen molar-refractivity contribution in [3.63, 3.8) is 0 Å².